The van der Waals surface area contributed by atoms with Crippen LogP contribution in [-0.4, -0.2) is 24.3 Å². The molecule has 88 valence electrons. The van der Waals surface area contributed by atoms with E-state index in [1.807, 2.05) is 6.92 Å². The highest BCUT2D eigenvalue weighted by Gasteiger charge is 1.87. The van der Waals surface area contributed by atoms with E-state index in [2.05, 4.69) is 6.92 Å². The average molecular weight is 204 g/mol. The monoisotopic (exact) mass is 204 g/mol. The molecule has 0 spiro atoms. The molecule has 3 heteroatoms. The van der Waals surface area contributed by atoms with Gasteiger partial charge in [0.2, 0.25) is 0 Å². The summed E-state index contributed by atoms with van der Waals surface area (Å²) in [6, 6.07) is 0. The Balaban J connectivity index is 0. The summed E-state index contributed by atoms with van der Waals surface area (Å²) in [5, 5.41) is 8.55. The molecule has 1 unspecified atom stereocenters. The second-order valence-electron chi connectivity index (χ2n) is 3.63. The molecule has 0 aliphatic heterocycles. The maximum Gasteiger partial charge on any atom is 0.0512 e. The number of hydrogen-bond acceptors (Lipinski definition) is 3. The summed E-state index contributed by atoms with van der Waals surface area (Å²) >= 11 is 0. The zero-order valence-corrected chi connectivity index (χ0v) is 9.84. The van der Waals surface area contributed by atoms with Gasteiger partial charge in [0.25, 0.3) is 0 Å². The lowest BCUT2D eigenvalue weighted by atomic mass is 10.2. The van der Waals surface area contributed by atoms with Crippen LogP contribution in [0.3, 0.4) is 0 Å². The van der Waals surface area contributed by atoms with Crippen molar-refractivity contribution >= 4 is 0 Å². The van der Waals surface area contributed by atoms with Gasteiger partial charge in [-0.3, -0.25) is 0 Å². The first-order valence-electron chi connectivity index (χ1n) is 5.77. The lowest BCUT2D eigenvalue weighted by Gasteiger charge is -1.95. The molecule has 0 aromatic rings. The lowest BCUT2D eigenvalue weighted by Crippen LogP contribution is -2.00. The molecule has 0 aromatic carbocycles. The van der Waals surface area contributed by atoms with Gasteiger partial charge in [-0.25, -0.2) is 0 Å². The van der Waals surface area contributed by atoms with Crippen LogP contribution in [0.5, 0.6) is 0 Å². The van der Waals surface area contributed by atoms with Crippen molar-refractivity contribution in [3.63, 3.8) is 0 Å². The molecule has 0 heterocycles. The van der Waals surface area contributed by atoms with Crippen molar-refractivity contribution in [2.75, 3.05) is 13.1 Å². The molecule has 0 saturated carbocycles. The molecule has 0 radical (unpaired) electrons. The summed E-state index contributed by atoms with van der Waals surface area (Å²) in [6.07, 6.45) is 6.70. The number of aliphatic hydroxyl groups is 1. The summed E-state index contributed by atoms with van der Waals surface area (Å²) in [5.74, 6) is 0. The standard InChI is InChI=1S/C6H16N2.C5H12O/c7-5-3-1-2-4-6-8;1-3-4-5(2)6/h1-8H2;5-6H,3-4H2,1-2H3. The first-order chi connectivity index (χ1) is 6.68. The maximum absolute atomic E-state index is 8.55. The molecule has 14 heavy (non-hydrogen) atoms. The van der Waals surface area contributed by atoms with Crippen molar-refractivity contribution in [3.8, 4) is 0 Å². The third-order valence-electron chi connectivity index (χ3n) is 1.86. The van der Waals surface area contributed by atoms with Crippen LogP contribution in [0.2, 0.25) is 0 Å². The SMILES string of the molecule is CCCC(C)O.NCCCCCCN. The van der Waals surface area contributed by atoms with Gasteiger partial charge in [-0.1, -0.05) is 26.2 Å². The predicted molar refractivity (Wildman–Crippen MR) is 63.2 cm³/mol. The number of nitrogens with two attached hydrogens (primary N) is 2. The smallest absolute Gasteiger partial charge is 0.0512 e. The first kappa shape index (κ1) is 16.3. The molecule has 0 fully saturated rings. The van der Waals surface area contributed by atoms with Crippen LogP contribution >= 0.6 is 0 Å². The van der Waals surface area contributed by atoms with E-state index in [9.17, 15) is 0 Å². The van der Waals surface area contributed by atoms with E-state index in [1.165, 1.54) is 12.8 Å². The van der Waals surface area contributed by atoms with Gasteiger partial charge in [-0.2, -0.15) is 0 Å². The van der Waals surface area contributed by atoms with E-state index in [-0.39, 0.29) is 6.10 Å². The molecule has 5 N–H and O–H groups in total. The van der Waals surface area contributed by atoms with Gasteiger partial charge in [-0.15, -0.1) is 0 Å². The fourth-order valence-electron chi connectivity index (χ4n) is 1.06. The Kier molecular flexibility index (Phi) is 17.9. The van der Waals surface area contributed by atoms with E-state index in [0.29, 0.717) is 0 Å². The summed E-state index contributed by atoms with van der Waals surface area (Å²) in [5.41, 5.74) is 10.6. The highest BCUT2D eigenvalue weighted by atomic mass is 16.3. The summed E-state index contributed by atoms with van der Waals surface area (Å²) in [7, 11) is 0. The van der Waals surface area contributed by atoms with E-state index in [0.717, 1.165) is 38.8 Å². The summed E-state index contributed by atoms with van der Waals surface area (Å²) < 4.78 is 0. The minimum Gasteiger partial charge on any atom is -0.393 e. The zero-order chi connectivity index (χ0) is 11.2. The maximum atomic E-state index is 8.55. The van der Waals surface area contributed by atoms with Crippen molar-refractivity contribution in [2.45, 2.75) is 58.5 Å². The minimum atomic E-state index is -0.102. The van der Waals surface area contributed by atoms with Gasteiger partial charge in [0.1, 0.15) is 0 Å². The topological polar surface area (TPSA) is 72.3 Å². The molecule has 0 bridgehead atoms. The van der Waals surface area contributed by atoms with Crippen molar-refractivity contribution < 1.29 is 5.11 Å². The predicted octanol–water partition coefficient (Wildman–Crippen LogP) is 1.63. The number of rotatable bonds is 7. The normalized spacial score (nSPS) is 11.8. The highest BCUT2D eigenvalue weighted by Crippen LogP contribution is 1.95. The van der Waals surface area contributed by atoms with Crippen molar-refractivity contribution in [2.24, 2.45) is 11.5 Å². The number of hydrogen-bond donors (Lipinski definition) is 3. The molecular formula is C11H28N2O. The van der Waals surface area contributed by atoms with E-state index in [1.54, 1.807) is 0 Å². The summed E-state index contributed by atoms with van der Waals surface area (Å²) in [4.78, 5) is 0. The Morgan fingerprint density at radius 2 is 1.43 bits per heavy atom. The summed E-state index contributed by atoms with van der Waals surface area (Å²) in [6.45, 7) is 5.52. The largest absolute Gasteiger partial charge is 0.393 e. The van der Waals surface area contributed by atoms with Gasteiger partial charge in [0.15, 0.2) is 0 Å². The second-order valence-corrected chi connectivity index (χ2v) is 3.63. The van der Waals surface area contributed by atoms with Gasteiger partial charge >= 0.3 is 0 Å². The van der Waals surface area contributed by atoms with Crippen LogP contribution in [-0.2, 0) is 0 Å². The lowest BCUT2D eigenvalue weighted by molar-refractivity contribution is 0.183. The molecule has 0 aliphatic carbocycles. The van der Waals surface area contributed by atoms with Crippen LogP contribution in [0.4, 0.5) is 0 Å². The quantitative estimate of drug-likeness (QED) is 0.552. The van der Waals surface area contributed by atoms with Crippen molar-refractivity contribution in [1.82, 2.24) is 0 Å². The average Bonchev–Trinajstić information content (AvgIpc) is 2.13. The minimum absolute atomic E-state index is 0.102. The molecular weight excluding hydrogens is 176 g/mol. The first-order valence-corrected chi connectivity index (χ1v) is 5.77. The molecule has 3 nitrogen and oxygen atoms in total. The van der Waals surface area contributed by atoms with Crippen LogP contribution in [0.1, 0.15) is 52.4 Å². The molecule has 0 aliphatic rings. The van der Waals surface area contributed by atoms with E-state index < -0.39 is 0 Å². The van der Waals surface area contributed by atoms with Crippen LogP contribution in [0.15, 0.2) is 0 Å². The van der Waals surface area contributed by atoms with Crippen LogP contribution in [0, 0.1) is 0 Å². The van der Waals surface area contributed by atoms with Crippen molar-refractivity contribution in [3.05, 3.63) is 0 Å². The Bertz CT molecular complexity index is 81.4. The van der Waals surface area contributed by atoms with E-state index >= 15 is 0 Å². The van der Waals surface area contributed by atoms with Gasteiger partial charge < -0.3 is 16.6 Å². The number of unbranched alkanes of at least 4 members (excludes halogenated alkanes) is 3. The molecule has 0 amide bonds. The Labute approximate surface area is 88.9 Å². The molecule has 0 saturated heterocycles. The van der Waals surface area contributed by atoms with Gasteiger partial charge in [-0.05, 0) is 39.3 Å². The second kappa shape index (κ2) is 15.4. The van der Waals surface area contributed by atoms with Crippen molar-refractivity contribution in [1.29, 1.82) is 0 Å². The fraction of sp³-hybridized carbons (Fsp3) is 1.00. The zero-order valence-electron chi connectivity index (χ0n) is 9.84. The Morgan fingerprint density at radius 1 is 1.00 bits per heavy atom. The Hall–Kier alpha value is -0.120. The van der Waals surface area contributed by atoms with E-state index in [4.69, 9.17) is 16.6 Å². The third kappa shape index (κ3) is 22.6. The van der Waals surface area contributed by atoms with Crippen LogP contribution < -0.4 is 11.5 Å². The van der Waals surface area contributed by atoms with Crippen LogP contribution in [0.25, 0.3) is 0 Å². The third-order valence-corrected chi connectivity index (χ3v) is 1.86. The number of aliphatic hydroxyl groups excluding tert-OH is 1. The van der Waals surface area contributed by atoms with Gasteiger partial charge in [0, 0.05) is 0 Å². The molecule has 0 rings (SSSR count). The highest BCUT2D eigenvalue weighted by molar-refractivity contribution is 4.43. The molecule has 1 atom stereocenters. The fourth-order valence-corrected chi connectivity index (χ4v) is 1.06. The Morgan fingerprint density at radius 3 is 1.57 bits per heavy atom. The van der Waals surface area contributed by atoms with Gasteiger partial charge in [0.05, 0.1) is 6.10 Å². The molecule has 0 aromatic heterocycles.